The van der Waals surface area contributed by atoms with E-state index in [0.717, 1.165) is 50.4 Å². The maximum Gasteiger partial charge on any atom is 0.125 e. The lowest BCUT2D eigenvalue weighted by molar-refractivity contribution is 0.310. The highest BCUT2D eigenvalue weighted by Gasteiger charge is 2.36. The molecule has 9 rings (SSSR count). The van der Waals surface area contributed by atoms with E-state index in [2.05, 4.69) is 210 Å². The number of nitrogens with one attached hydrogen (secondary N) is 1. The number of rotatable bonds is 4. The third-order valence-corrected chi connectivity index (χ3v) is 10.6. The van der Waals surface area contributed by atoms with Crippen LogP contribution >= 0.6 is 12.4 Å². The second-order valence-corrected chi connectivity index (χ2v) is 14.0. The lowest BCUT2D eigenvalue weighted by Crippen LogP contribution is -2.27. The van der Waals surface area contributed by atoms with Crippen LogP contribution < -0.4 is 0 Å². The van der Waals surface area contributed by atoms with Gasteiger partial charge in [-0.05, 0) is 104 Å². The number of hydrogen-bond donors (Lipinski definition) is 1. The van der Waals surface area contributed by atoms with Crippen LogP contribution in [0, 0.1) is 0 Å². The molecule has 0 radical (unpaired) electrons. The van der Waals surface area contributed by atoms with Crippen molar-refractivity contribution in [2.75, 3.05) is 28.2 Å². The Kier molecular flexibility index (Phi) is 8.92. The molecule has 266 valence electrons. The van der Waals surface area contributed by atoms with Gasteiger partial charge in [-0.1, -0.05) is 42.5 Å². The Morgan fingerprint density at radius 2 is 1.00 bits per heavy atom. The summed E-state index contributed by atoms with van der Waals surface area (Å²) in [7, 11) is 8.67. The van der Waals surface area contributed by atoms with Crippen molar-refractivity contribution in [3.05, 3.63) is 168 Å². The number of likely N-dealkylation sites (N-methyl/N-ethyl adjacent to an activating group) is 4. The molecule has 3 aromatic rings. The smallest absolute Gasteiger partial charge is 0.125 e. The van der Waals surface area contributed by atoms with E-state index in [-0.39, 0.29) is 36.7 Å². The minimum absolute atomic E-state index is 0. The molecule has 0 fully saturated rings. The summed E-state index contributed by atoms with van der Waals surface area (Å²) >= 11 is 0. The van der Waals surface area contributed by atoms with E-state index in [9.17, 15) is 0 Å². The topological polar surface area (TPSA) is 59.5 Å². The standard InChI is InChI=1S/C44H42N8.ClH/c1-48-23-9-5-13-36(48)41-35-22-21-33(47-35)28-32-18-17-30(45-32)27-31-19-20-34(46-31)29-39-42(37-14-6-10-24-49(37)2)43(38-15-7-11-25-50(38)3)44(41)52(39)40-16-8-12-26-51(40)4;/h5-29,36-38,40,45H,1-4H3;1H. The van der Waals surface area contributed by atoms with Crippen LogP contribution in [0.4, 0.5) is 0 Å². The highest BCUT2D eigenvalue weighted by Crippen LogP contribution is 2.47. The quantitative estimate of drug-likeness (QED) is 0.200. The van der Waals surface area contributed by atoms with E-state index in [1.165, 1.54) is 11.1 Å². The first-order valence-corrected chi connectivity index (χ1v) is 17.9. The minimum Gasteiger partial charge on any atom is -0.370 e. The molecule has 3 aromatic heterocycles. The number of halogens is 1. The zero-order chi connectivity index (χ0) is 35.3. The van der Waals surface area contributed by atoms with E-state index in [1.807, 2.05) is 0 Å². The summed E-state index contributed by atoms with van der Waals surface area (Å²) in [6.45, 7) is 0. The first kappa shape index (κ1) is 34.1. The highest BCUT2D eigenvalue weighted by molar-refractivity contribution is 5.86. The third kappa shape index (κ3) is 6.09. The summed E-state index contributed by atoms with van der Waals surface area (Å²) in [5.74, 6) is 0. The molecule has 0 saturated carbocycles. The van der Waals surface area contributed by atoms with Crippen LogP contribution in [0.2, 0.25) is 0 Å². The van der Waals surface area contributed by atoms with Crippen molar-refractivity contribution in [3.63, 3.8) is 0 Å². The van der Waals surface area contributed by atoms with E-state index in [0.29, 0.717) is 0 Å². The van der Waals surface area contributed by atoms with Crippen molar-refractivity contribution in [3.8, 4) is 0 Å². The number of aromatic amines is 1. The summed E-state index contributed by atoms with van der Waals surface area (Å²) in [5, 5.41) is 0. The Balaban J connectivity index is 0.00000400. The minimum atomic E-state index is -0.125. The van der Waals surface area contributed by atoms with Gasteiger partial charge in [0, 0.05) is 62.1 Å². The van der Waals surface area contributed by atoms with Gasteiger partial charge in [-0.3, -0.25) is 0 Å². The summed E-state index contributed by atoms with van der Waals surface area (Å²) in [6, 6.07) is 10.5. The molecule has 6 aliphatic heterocycles. The number of nitrogens with zero attached hydrogens (tertiary/aromatic N) is 7. The number of H-pyrrole nitrogens is 1. The normalized spacial score (nSPS) is 22.4. The lowest BCUT2D eigenvalue weighted by Gasteiger charge is -2.34. The molecule has 1 N–H and O–H groups in total. The van der Waals surface area contributed by atoms with Gasteiger partial charge in [0.05, 0.1) is 51.9 Å². The molecule has 8 bridgehead atoms. The van der Waals surface area contributed by atoms with Gasteiger partial charge in [0.2, 0.25) is 0 Å². The largest absolute Gasteiger partial charge is 0.370 e. The highest BCUT2D eigenvalue weighted by atomic mass is 35.5. The average molecular weight is 719 g/mol. The number of aromatic nitrogens is 4. The third-order valence-electron chi connectivity index (χ3n) is 10.6. The van der Waals surface area contributed by atoms with Crippen molar-refractivity contribution < 1.29 is 0 Å². The van der Waals surface area contributed by atoms with Crippen molar-refractivity contribution in [2.45, 2.75) is 24.3 Å². The molecule has 0 amide bonds. The number of allylic oxidation sites excluding steroid dienone is 8. The van der Waals surface area contributed by atoms with Crippen LogP contribution in [0.3, 0.4) is 0 Å². The fourth-order valence-corrected chi connectivity index (χ4v) is 8.08. The molecule has 0 aromatic carbocycles. The van der Waals surface area contributed by atoms with Gasteiger partial charge in [0.25, 0.3) is 0 Å². The van der Waals surface area contributed by atoms with Crippen LogP contribution in [0.5, 0.6) is 0 Å². The molecule has 4 atom stereocenters. The first-order valence-electron chi connectivity index (χ1n) is 17.9. The lowest BCUT2D eigenvalue weighted by atomic mass is 9.90. The van der Waals surface area contributed by atoms with Gasteiger partial charge in [-0.2, -0.15) is 0 Å². The van der Waals surface area contributed by atoms with Crippen LogP contribution in [-0.4, -0.2) is 67.3 Å². The molecule has 6 aliphatic rings. The van der Waals surface area contributed by atoms with Gasteiger partial charge in [0.1, 0.15) is 6.17 Å². The molecule has 9 heteroatoms. The molecule has 0 spiro atoms. The summed E-state index contributed by atoms with van der Waals surface area (Å²) in [6.07, 6.45) is 43.5. The summed E-state index contributed by atoms with van der Waals surface area (Å²) in [4.78, 5) is 23.4. The van der Waals surface area contributed by atoms with Crippen molar-refractivity contribution >= 4 is 58.8 Å². The average Bonchev–Trinajstić information content (AvgIpc) is 3.95. The Hall–Kier alpha value is -5.99. The van der Waals surface area contributed by atoms with E-state index in [4.69, 9.17) is 9.97 Å². The zero-order valence-electron chi connectivity index (χ0n) is 30.3. The Morgan fingerprint density at radius 1 is 0.509 bits per heavy atom. The second-order valence-electron chi connectivity index (χ2n) is 14.0. The van der Waals surface area contributed by atoms with Gasteiger partial charge < -0.3 is 29.2 Å². The van der Waals surface area contributed by atoms with Gasteiger partial charge in [-0.15, -0.1) is 12.4 Å². The van der Waals surface area contributed by atoms with E-state index in [1.54, 1.807) is 0 Å². The predicted molar refractivity (Wildman–Crippen MR) is 221 cm³/mol. The molecule has 9 heterocycles. The first-order chi connectivity index (χ1) is 25.4. The second kappa shape index (κ2) is 13.9. The van der Waals surface area contributed by atoms with Crippen LogP contribution in [0.15, 0.2) is 128 Å². The van der Waals surface area contributed by atoms with E-state index >= 15 is 0 Å². The number of fused-ring (bicyclic) bond motifs is 8. The molecule has 0 saturated heterocycles. The van der Waals surface area contributed by atoms with Crippen molar-refractivity contribution in [2.24, 2.45) is 0 Å². The van der Waals surface area contributed by atoms with Crippen LogP contribution in [0.25, 0.3) is 46.4 Å². The van der Waals surface area contributed by atoms with Gasteiger partial charge in [-0.25, -0.2) is 9.97 Å². The Labute approximate surface area is 316 Å². The van der Waals surface area contributed by atoms with E-state index < -0.39 is 0 Å². The molecule has 0 aliphatic carbocycles. The predicted octanol–water partition coefficient (Wildman–Crippen LogP) is 9.23. The maximum atomic E-state index is 5.41. The fraction of sp³-hybridized carbons (Fsp3) is 0.182. The number of hydrogen-bond acceptors (Lipinski definition) is 6. The fourth-order valence-electron chi connectivity index (χ4n) is 8.08. The zero-order valence-corrected chi connectivity index (χ0v) is 31.1. The SMILES string of the molecule is CN1C=CC=CC1c1c(C2C=CC=CN2C)c2c(C3C=CC=CN3C)c3nc(cc4ccc(cc5nc(cc1n2C1C=CC=CN1C)C=C5)[nH]4)C=C3.Cl. The van der Waals surface area contributed by atoms with Gasteiger partial charge in [0.15, 0.2) is 0 Å². The molecular formula is C44H43ClN8. The monoisotopic (exact) mass is 718 g/mol. The molecular weight excluding hydrogens is 676 g/mol. The van der Waals surface area contributed by atoms with Crippen molar-refractivity contribution in [1.29, 1.82) is 0 Å². The van der Waals surface area contributed by atoms with Crippen LogP contribution in [-0.2, 0) is 0 Å². The van der Waals surface area contributed by atoms with Crippen molar-refractivity contribution in [1.82, 2.24) is 39.1 Å². The Morgan fingerprint density at radius 3 is 1.58 bits per heavy atom. The summed E-state index contributed by atoms with van der Waals surface area (Å²) < 4.78 is 2.55. The molecule has 8 nitrogen and oxygen atoms in total. The molecule has 53 heavy (non-hydrogen) atoms. The summed E-state index contributed by atoms with van der Waals surface area (Å²) in [5.41, 5.74) is 11.6. The van der Waals surface area contributed by atoms with Crippen LogP contribution in [0.1, 0.15) is 63.8 Å². The maximum absolute atomic E-state index is 5.41. The van der Waals surface area contributed by atoms with Gasteiger partial charge >= 0.3 is 0 Å². The molecule has 4 unspecified atom stereocenters. The Bertz CT molecular complexity index is 2430.